The summed E-state index contributed by atoms with van der Waals surface area (Å²) in [7, 11) is 2.17. The molecule has 19 heavy (non-hydrogen) atoms. The van der Waals surface area contributed by atoms with E-state index < -0.39 is 0 Å². The second-order valence-electron chi connectivity index (χ2n) is 5.08. The van der Waals surface area contributed by atoms with Crippen LogP contribution in [0.2, 0.25) is 0 Å². The lowest BCUT2D eigenvalue weighted by molar-refractivity contribution is 0.266. The Kier molecular flexibility index (Phi) is 5.05. The molecule has 4 nitrogen and oxygen atoms in total. The predicted molar refractivity (Wildman–Crippen MR) is 79.9 cm³/mol. The predicted octanol–water partition coefficient (Wildman–Crippen LogP) is 1.55. The molecule has 0 aliphatic carbocycles. The summed E-state index contributed by atoms with van der Waals surface area (Å²) < 4.78 is 5.47. The normalized spacial score (nSPS) is 19.2. The molecular weight excluding hydrogens is 238 g/mol. The standard InChI is InChI=1S/C15H25N3O/c1-3-19-15-6-4-13(5-7-15)18-10-8-14(12-18)17(2)11-9-16/h4-7,14H,3,8-12,16H2,1-2H3. The molecule has 1 unspecified atom stereocenters. The summed E-state index contributed by atoms with van der Waals surface area (Å²) in [6.45, 7) is 6.64. The molecule has 0 amide bonds. The lowest BCUT2D eigenvalue weighted by Crippen LogP contribution is -2.37. The van der Waals surface area contributed by atoms with Crippen molar-refractivity contribution >= 4 is 5.69 Å². The summed E-state index contributed by atoms with van der Waals surface area (Å²) in [5.74, 6) is 0.947. The molecule has 1 saturated heterocycles. The van der Waals surface area contributed by atoms with E-state index >= 15 is 0 Å². The minimum atomic E-state index is 0.620. The zero-order chi connectivity index (χ0) is 13.7. The zero-order valence-corrected chi connectivity index (χ0v) is 12.0. The number of rotatable bonds is 6. The molecule has 2 rings (SSSR count). The average Bonchev–Trinajstić information content (AvgIpc) is 2.90. The number of likely N-dealkylation sites (N-methyl/N-ethyl adjacent to an activating group) is 1. The Hall–Kier alpha value is -1.26. The molecule has 0 aromatic heterocycles. The molecule has 0 bridgehead atoms. The summed E-state index contributed by atoms with van der Waals surface area (Å²) in [4.78, 5) is 4.81. The van der Waals surface area contributed by atoms with Crippen LogP contribution in [0.4, 0.5) is 5.69 Å². The monoisotopic (exact) mass is 263 g/mol. The van der Waals surface area contributed by atoms with Gasteiger partial charge in [-0.05, 0) is 44.7 Å². The molecule has 1 aliphatic rings. The Labute approximate surface area is 116 Å². The van der Waals surface area contributed by atoms with Gasteiger partial charge < -0.3 is 20.3 Å². The van der Waals surface area contributed by atoms with Crippen LogP contribution in [0, 0.1) is 0 Å². The van der Waals surface area contributed by atoms with Gasteiger partial charge in [0.15, 0.2) is 0 Å². The summed E-state index contributed by atoms with van der Waals surface area (Å²) >= 11 is 0. The Balaban J connectivity index is 1.93. The van der Waals surface area contributed by atoms with Crippen molar-refractivity contribution in [2.75, 3.05) is 44.7 Å². The van der Waals surface area contributed by atoms with E-state index in [9.17, 15) is 0 Å². The van der Waals surface area contributed by atoms with Crippen LogP contribution in [-0.2, 0) is 0 Å². The third-order valence-corrected chi connectivity index (χ3v) is 3.78. The highest BCUT2D eigenvalue weighted by Crippen LogP contribution is 2.24. The fraction of sp³-hybridized carbons (Fsp3) is 0.600. The van der Waals surface area contributed by atoms with Crippen molar-refractivity contribution in [3.63, 3.8) is 0 Å². The van der Waals surface area contributed by atoms with E-state index in [2.05, 4.69) is 41.1 Å². The molecule has 0 spiro atoms. The lowest BCUT2D eigenvalue weighted by atomic mass is 10.2. The van der Waals surface area contributed by atoms with Crippen LogP contribution in [0.25, 0.3) is 0 Å². The van der Waals surface area contributed by atoms with Gasteiger partial charge in [-0.1, -0.05) is 0 Å². The van der Waals surface area contributed by atoms with Crippen molar-refractivity contribution in [1.29, 1.82) is 0 Å². The maximum absolute atomic E-state index is 5.62. The Morgan fingerprint density at radius 3 is 2.74 bits per heavy atom. The van der Waals surface area contributed by atoms with Crippen LogP contribution < -0.4 is 15.4 Å². The van der Waals surface area contributed by atoms with Crippen molar-refractivity contribution < 1.29 is 4.74 Å². The van der Waals surface area contributed by atoms with E-state index in [4.69, 9.17) is 10.5 Å². The Morgan fingerprint density at radius 2 is 2.11 bits per heavy atom. The van der Waals surface area contributed by atoms with Gasteiger partial charge in [-0.2, -0.15) is 0 Å². The van der Waals surface area contributed by atoms with Gasteiger partial charge in [0.25, 0.3) is 0 Å². The number of hydrogen-bond acceptors (Lipinski definition) is 4. The van der Waals surface area contributed by atoms with E-state index in [-0.39, 0.29) is 0 Å². The number of anilines is 1. The Morgan fingerprint density at radius 1 is 1.37 bits per heavy atom. The van der Waals surface area contributed by atoms with E-state index in [0.717, 1.165) is 38.5 Å². The van der Waals surface area contributed by atoms with Crippen LogP contribution in [0.15, 0.2) is 24.3 Å². The highest BCUT2D eigenvalue weighted by atomic mass is 16.5. The summed E-state index contributed by atoms with van der Waals surface area (Å²) in [5.41, 5.74) is 6.90. The fourth-order valence-corrected chi connectivity index (χ4v) is 2.64. The van der Waals surface area contributed by atoms with Crippen LogP contribution in [0.1, 0.15) is 13.3 Å². The molecule has 1 aromatic carbocycles. The second kappa shape index (κ2) is 6.78. The zero-order valence-electron chi connectivity index (χ0n) is 12.0. The third kappa shape index (κ3) is 3.61. The first kappa shape index (κ1) is 14.2. The van der Waals surface area contributed by atoms with Gasteiger partial charge in [0, 0.05) is 37.9 Å². The number of benzene rings is 1. The SMILES string of the molecule is CCOc1ccc(N2CCC(N(C)CCN)C2)cc1. The van der Waals surface area contributed by atoms with E-state index in [1.807, 2.05) is 6.92 Å². The minimum Gasteiger partial charge on any atom is -0.494 e. The van der Waals surface area contributed by atoms with Crippen molar-refractivity contribution in [2.24, 2.45) is 5.73 Å². The molecule has 0 radical (unpaired) electrons. The van der Waals surface area contributed by atoms with Crippen LogP contribution in [0.5, 0.6) is 5.75 Å². The first-order chi connectivity index (χ1) is 9.24. The third-order valence-electron chi connectivity index (χ3n) is 3.78. The second-order valence-corrected chi connectivity index (χ2v) is 5.08. The van der Waals surface area contributed by atoms with Gasteiger partial charge in [0.2, 0.25) is 0 Å². The van der Waals surface area contributed by atoms with Crippen molar-refractivity contribution in [3.05, 3.63) is 24.3 Å². The number of hydrogen-bond donors (Lipinski definition) is 1. The molecule has 1 fully saturated rings. The van der Waals surface area contributed by atoms with Gasteiger partial charge in [-0.15, -0.1) is 0 Å². The number of ether oxygens (including phenoxy) is 1. The van der Waals surface area contributed by atoms with Crippen molar-refractivity contribution in [2.45, 2.75) is 19.4 Å². The molecular formula is C15H25N3O. The molecule has 2 N–H and O–H groups in total. The maximum atomic E-state index is 5.62. The highest BCUT2D eigenvalue weighted by molar-refractivity contribution is 5.50. The van der Waals surface area contributed by atoms with Gasteiger partial charge in [-0.25, -0.2) is 0 Å². The fourth-order valence-electron chi connectivity index (χ4n) is 2.64. The van der Waals surface area contributed by atoms with Gasteiger partial charge in [0.1, 0.15) is 5.75 Å². The maximum Gasteiger partial charge on any atom is 0.119 e. The average molecular weight is 263 g/mol. The van der Waals surface area contributed by atoms with Gasteiger partial charge in [-0.3, -0.25) is 0 Å². The Bertz CT molecular complexity index is 379. The van der Waals surface area contributed by atoms with Crippen molar-refractivity contribution in [3.8, 4) is 5.75 Å². The minimum absolute atomic E-state index is 0.620. The molecule has 4 heteroatoms. The number of nitrogens with two attached hydrogens (primary N) is 1. The van der Waals surface area contributed by atoms with Crippen LogP contribution in [-0.4, -0.2) is 50.8 Å². The van der Waals surface area contributed by atoms with Gasteiger partial charge >= 0.3 is 0 Å². The van der Waals surface area contributed by atoms with Crippen molar-refractivity contribution in [1.82, 2.24) is 4.90 Å². The quantitative estimate of drug-likeness (QED) is 0.845. The largest absolute Gasteiger partial charge is 0.494 e. The van der Waals surface area contributed by atoms with Gasteiger partial charge in [0.05, 0.1) is 6.61 Å². The van der Waals surface area contributed by atoms with E-state index in [0.29, 0.717) is 6.04 Å². The molecule has 106 valence electrons. The highest BCUT2D eigenvalue weighted by Gasteiger charge is 2.25. The number of nitrogens with zero attached hydrogens (tertiary/aromatic N) is 2. The van der Waals surface area contributed by atoms with E-state index in [1.54, 1.807) is 0 Å². The molecule has 1 heterocycles. The van der Waals surface area contributed by atoms with Crippen LogP contribution in [0.3, 0.4) is 0 Å². The topological polar surface area (TPSA) is 41.7 Å². The summed E-state index contributed by atoms with van der Waals surface area (Å²) in [6.07, 6.45) is 1.21. The molecule has 0 saturated carbocycles. The first-order valence-electron chi connectivity index (χ1n) is 7.12. The summed E-state index contributed by atoms with van der Waals surface area (Å²) in [5, 5.41) is 0. The molecule has 1 aliphatic heterocycles. The van der Waals surface area contributed by atoms with Crippen LogP contribution >= 0.6 is 0 Å². The first-order valence-corrected chi connectivity index (χ1v) is 7.12. The molecule has 1 atom stereocenters. The summed E-state index contributed by atoms with van der Waals surface area (Å²) in [6, 6.07) is 9.02. The van der Waals surface area contributed by atoms with E-state index in [1.165, 1.54) is 12.1 Å². The lowest BCUT2D eigenvalue weighted by Gasteiger charge is -2.24. The molecule has 1 aromatic rings. The smallest absolute Gasteiger partial charge is 0.119 e.